The Morgan fingerprint density at radius 2 is 1.57 bits per heavy atom. The third-order valence-electron chi connectivity index (χ3n) is 3.38. The van der Waals surface area contributed by atoms with Gasteiger partial charge in [-0.1, -0.05) is 61.2 Å². The molecule has 3 aromatic carbocycles. The van der Waals surface area contributed by atoms with E-state index < -0.39 is 10.1 Å². The third kappa shape index (κ3) is 2.87. The van der Waals surface area contributed by atoms with Crippen LogP contribution in [0.25, 0.3) is 27.6 Å². The normalized spacial score (nSPS) is 11.3. The first-order chi connectivity index (χ1) is 9.52. The molecule has 0 heterocycles. The Labute approximate surface area is 153 Å². The fourth-order valence-corrected chi connectivity index (χ4v) is 3.43. The van der Waals surface area contributed by atoms with Crippen molar-refractivity contribution < 1.29 is 13.0 Å². The van der Waals surface area contributed by atoms with E-state index in [1.165, 1.54) is 6.08 Å². The molecule has 0 aliphatic heterocycles. The van der Waals surface area contributed by atoms with Crippen molar-refractivity contribution in [2.45, 2.75) is 4.90 Å². The fraction of sp³-hybridized carbons (Fsp3) is 0. The molecule has 0 amide bonds. The molecule has 0 bridgehead atoms. The maximum absolute atomic E-state index is 11.7. The number of hydrogen-bond acceptors (Lipinski definition) is 2. The summed E-state index contributed by atoms with van der Waals surface area (Å²) < 4.78 is 32.8. The van der Waals surface area contributed by atoms with Crippen LogP contribution in [0.5, 0.6) is 0 Å². The molecule has 0 saturated heterocycles. The number of hydrogen-bond donors (Lipinski definition) is 1. The van der Waals surface area contributed by atoms with Gasteiger partial charge in [-0.05, 0) is 21.7 Å². The number of benzene rings is 3. The first-order valence-electron chi connectivity index (χ1n) is 6.07. The van der Waals surface area contributed by atoms with Gasteiger partial charge in [0.05, 0.1) is 0 Å². The third-order valence-corrected chi connectivity index (χ3v) is 4.36. The second kappa shape index (κ2) is 6.07. The standard InChI is InChI=1S/C16H12O3S.Ca.2H/c1-2-11-7-9-14-13-6-4-3-5-12(13)8-10-15(14)16(11)20(17,18)19;;;/h2-10H,1H2,(H,17,18,19);;;. The molecule has 0 fully saturated rings. The van der Waals surface area contributed by atoms with Gasteiger partial charge in [-0.15, -0.1) is 0 Å². The molecule has 3 aromatic rings. The van der Waals surface area contributed by atoms with E-state index in [2.05, 4.69) is 6.58 Å². The van der Waals surface area contributed by atoms with Gasteiger partial charge in [-0.3, -0.25) is 4.55 Å². The molecule has 0 atom stereocenters. The van der Waals surface area contributed by atoms with Gasteiger partial charge >= 0.3 is 37.7 Å². The summed E-state index contributed by atoms with van der Waals surface area (Å²) in [6, 6.07) is 14.8. The van der Waals surface area contributed by atoms with E-state index in [1.54, 1.807) is 12.1 Å². The van der Waals surface area contributed by atoms with E-state index in [9.17, 15) is 13.0 Å². The number of rotatable bonds is 2. The minimum atomic E-state index is -4.31. The average Bonchev–Trinajstić information content (AvgIpc) is 2.44. The number of fused-ring (bicyclic) bond motifs is 3. The summed E-state index contributed by atoms with van der Waals surface area (Å²) in [5, 5.41) is 3.27. The molecule has 0 spiro atoms. The summed E-state index contributed by atoms with van der Waals surface area (Å²) in [6.45, 7) is 3.60. The van der Waals surface area contributed by atoms with E-state index in [1.807, 2.05) is 36.4 Å². The van der Waals surface area contributed by atoms with Gasteiger partial charge in [0.2, 0.25) is 0 Å². The van der Waals surface area contributed by atoms with Crippen molar-refractivity contribution in [1.82, 2.24) is 0 Å². The Morgan fingerprint density at radius 3 is 2.24 bits per heavy atom. The van der Waals surface area contributed by atoms with Crippen LogP contribution in [0.3, 0.4) is 0 Å². The molecule has 0 unspecified atom stereocenters. The van der Waals surface area contributed by atoms with Gasteiger partial charge in [0.1, 0.15) is 4.90 Å². The quantitative estimate of drug-likeness (QED) is 0.447. The predicted molar refractivity (Wildman–Crippen MR) is 89.9 cm³/mol. The molecule has 3 rings (SSSR count). The summed E-state index contributed by atoms with van der Waals surface area (Å²) in [5.74, 6) is 0. The summed E-state index contributed by atoms with van der Waals surface area (Å²) in [4.78, 5) is -0.0873. The molecule has 0 saturated carbocycles. The molecule has 3 nitrogen and oxygen atoms in total. The minimum absolute atomic E-state index is 0. The topological polar surface area (TPSA) is 54.4 Å². The molecule has 0 aliphatic rings. The zero-order valence-corrected chi connectivity index (χ0v) is 11.4. The van der Waals surface area contributed by atoms with Crippen molar-refractivity contribution in [1.29, 1.82) is 0 Å². The van der Waals surface area contributed by atoms with Gasteiger partial charge in [-0.25, -0.2) is 0 Å². The maximum atomic E-state index is 11.7. The Bertz CT molecular complexity index is 946. The van der Waals surface area contributed by atoms with E-state index in [0.29, 0.717) is 10.9 Å². The molecule has 0 aromatic heterocycles. The van der Waals surface area contributed by atoms with Gasteiger partial charge in [0, 0.05) is 5.39 Å². The van der Waals surface area contributed by atoms with E-state index in [-0.39, 0.29) is 42.6 Å². The monoisotopic (exact) mass is 326 g/mol. The second-order valence-electron chi connectivity index (χ2n) is 4.54. The first-order valence-corrected chi connectivity index (χ1v) is 7.51. The van der Waals surface area contributed by atoms with Crippen LogP contribution in [0.2, 0.25) is 0 Å². The van der Waals surface area contributed by atoms with Crippen molar-refractivity contribution in [2.75, 3.05) is 0 Å². The Kier molecular flexibility index (Phi) is 4.75. The molecule has 104 valence electrons. The van der Waals surface area contributed by atoms with Crippen molar-refractivity contribution in [3.8, 4) is 0 Å². The van der Waals surface area contributed by atoms with Crippen molar-refractivity contribution >= 4 is 75.5 Å². The van der Waals surface area contributed by atoms with Gasteiger partial charge in [-0.2, -0.15) is 8.42 Å². The van der Waals surface area contributed by atoms with Crippen molar-refractivity contribution in [3.63, 3.8) is 0 Å². The molecule has 0 radical (unpaired) electrons. The molecular weight excluding hydrogens is 312 g/mol. The predicted octanol–water partition coefficient (Wildman–Crippen LogP) is 2.97. The molecule has 1 N–H and O–H groups in total. The van der Waals surface area contributed by atoms with E-state index in [4.69, 9.17) is 0 Å². The Hall–Kier alpha value is -0.910. The fourth-order valence-electron chi connectivity index (χ4n) is 2.53. The van der Waals surface area contributed by atoms with E-state index >= 15 is 0 Å². The average molecular weight is 326 g/mol. The summed E-state index contributed by atoms with van der Waals surface area (Å²) in [6.07, 6.45) is 1.43. The van der Waals surface area contributed by atoms with Crippen LogP contribution in [-0.4, -0.2) is 50.7 Å². The SMILES string of the molecule is C=Cc1ccc2c(ccc3ccccc32)c1S(=O)(=O)O.[CaH2]. The van der Waals surface area contributed by atoms with E-state index in [0.717, 1.165) is 16.2 Å². The van der Waals surface area contributed by atoms with Gasteiger partial charge in [0.15, 0.2) is 0 Å². The zero-order valence-electron chi connectivity index (χ0n) is 10.6. The molecular formula is C16H14CaO3S. The van der Waals surface area contributed by atoms with Crippen LogP contribution in [0.4, 0.5) is 0 Å². The van der Waals surface area contributed by atoms with Crippen LogP contribution in [0, 0.1) is 0 Å². The zero-order chi connectivity index (χ0) is 14.3. The van der Waals surface area contributed by atoms with Crippen molar-refractivity contribution in [2.24, 2.45) is 0 Å². The van der Waals surface area contributed by atoms with Crippen molar-refractivity contribution in [3.05, 3.63) is 60.7 Å². The Balaban J connectivity index is 0.00000161. The van der Waals surface area contributed by atoms with Crippen LogP contribution in [0.1, 0.15) is 5.56 Å². The van der Waals surface area contributed by atoms with Crippen LogP contribution < -0.4 is 0 Å². The van der Waals surface area contributed by atoms with Crippen LogP contribution in [0.15, 0.2) is 60.0 Å². The molecule has 21 heavy (non-hydrogen) atoms. The summed E-state index contributed by atoms with van der Waals surface area (Å²) >= 11 is 0. The molecule has 5 heteroatoms. The second-order valence-corrected chi connectivity index (χ2v) is 5.90. The molecule has 0 aliphatic carbocycles. The van der Waals surface area contributed by atoms with Gasteiger partial charge < -0.3 is 0 Å². The van der Waals surface area contributed by atoms with Gasteiger partial charge in [0.25, 0.3) is 10.1 Å². The Morgan fingerprint density at radius 1 is 0.905 bits per heavy atom. The van der Waals surface area contributed by atoms with Crippen LogP contribution >= 0.6 is 0 Å². The first kappa shape index (κ1) is 16.5. The van der Waals surface area contributed by atoms with Crippen LogP contribution in [-0.2, 0) is 10.1 Å². The summed E-state index contributed by atoms with van der Waals surface area (Å²) in [5.41, 5.74) is 0.398. The summed E-state index contributed by atoms with van der Waals surface area (Å²) in [7, 11) is -4.31.